The zero-order chi connectivity index (χ0) is 10.9. The van der Waals surface area contributed by atoms with E-state index < -0.39 is 0 Å². The van der Waals surface area contributed by atoms with Crippen molar-refractivity contribution in [2.75, 3.05) is 18.1 Å². The summed E-state index contributed by atoms with van der Waals surface area (Å²) < 4.78 is 5.68. The predicted octanol–water partition coefficient (Wildman–Crippen LogP) is 3.77. The first kappa shape index (κ1) is 12.4. The Morgan fingerprint density at radius 1 is 1.27 bits per heavy atom. The lowest BCUT2D eigenvalue weighted by Crippen LogP contribution is -1.99. The molecule has 0 aliphatic rings. The molecular weight excluding hydrogens is 204 g/mol. The summed E-state index contributed by atoms with van der Waals surface area (Å²) in [5, 5.41) is 0. The van der Waals surface area contributed by atoms with Crippen LogP contribution in [0.2, 0.25) is 0 Å². The summed E-state index contributed by atoms with van der Waals surface area (Å²) in [4.78, 5) is 0. The van der Waals surface area contributed by atoms with Crippen molar-refractivity contribution in [3.63, 3.8) is 0 Å². The maximum atomic E-state index is 5.68. The van der Waals surface area contributed by atoms with Gasteiger partial charge >= 0.3 is 0 Å². The van der Waals surface area contributed by atoms with Crippen LogP contribution in [0.25, 0.3) is 0 Å². The highest BCUT2D eigenvalue weighted by Gasteiger charge is 1.95. The third-order valence-electron chi connectivity index (χ3n) is 2.21. The molecule has 1 rings (SSSR count). The minimum absolute atomic E-state index is 0.833. The summed E-state index contributed by atoms with van der Waals surface area (Å²) in [5.74, 6) is 3.41. The van der Waals surface area contributed by atoms with Gasteiger partial charge in [-0.3, -0.25) is 0 Å². The molecule has 15 heavy (non-hydrogen) atoms. The molecule has 0 N–H and O–H groups in total. The lowest BCUT2D eigenvalue weighted by atomic mass is 10.2. The van der Waals surface area contributed by atoms with Gasteiger partial charge in [0.2, 0.25) is 0 Å². The van der Waals surface area contributed by atoms with Crippen molar-refractivity contribution >= 4 is 11.8 Å². The minimum atomic E-state index is 0.833. The van der Waals surface area contributed by atoms with Crippen molar-refractivity contribution in [1.29, 1.82) is 0 Å². The number of benzene rings is 1. The van der Waals surface area contributed by atoms with Gasteiger partial charge in [-0.05, 0) is 42.0 Å². The van der Waals surface area contributed by atoms with E-state index in [9.17, 15) is 0 Å². The fourth-order valence-electron chi connectivity index (χ4n) is 1.35. The SMILES string of the molecule is CCSCCCOc1cccc(CC)c1. The highest BCUT2D eigenvalue weighted by atomic mass is 32.2. The van der Waals surface area contributed by atoms with Crippen LogP contribution >= 0.6 is 11.8 Å². The van der Waals surface area contributed by atoms with Gasteiger partial charge in [0, 0.05) is 0 Å². The van der Waals surface area contributed by atoms with Crippen LogP contribution in [-0.2, 0) is 6.42 Å². The fourth-order valence-corrected chi connectivity index (χ4v) is 1.96. The van der Waals surface area contributed by atoms with E-state index in [1.807, 2.05) is 17.8 Å². The molecule has 0 aliphatic carbocycles. The van der Waals surface area contributed by atoms with Crippen LogP contribution in [0.4, 0.5) is 0 Å². The summed E-state index contributed by atoms with van der Waals surface area (Å²) in [5.41, 5.74) is 1.34. The van der Waals surface area contributed by atoms with Crippen LogP contribution in [-0.4, -0.2) is 18.1 Å². The molecule has 0 aliphatic heterocycles. The van der Waals surface area contributed by atoms with Gasteiger partial charge in [-0.25, -0.2) is 0 Å². The Morgan fingerprint density at radius 2 is 2.13 bits per heavy atom. The molecule has 1 nitrogen and oxygen atoms in total. The number of aryl methyl sites for hydroxylation is 1. The molecule has 0 spiro atoms. The summed E-state index contributed by atoms with van der Waals surface area (Å²) in [7, 11) is 0. The zero-order valence-electron chi connectivity index (χ0n) is 9.66. The van der Waals surface area contributed by atoms with Crippen LogP contribution in [0, 0.1) is 0 Å². The van der Waals surface area contributed by atoms with Crippen molar-refractivity contribution in [2.24, 2.45) is 0 Å². The van der Waals surface area contributed by atoms with Crippen LogP contribution in [0.3, 0.4) is 0 Å². The zero-order valence-corrected chi connectivity index (χ0v) is 10.5. The second-order valence-corrected chi connectivity index (χ2v) is 4.79. The highest BCUT2D eigenvalue weighted by Crippen LogP contribution is 2.14. The Balaban J connectivity index is 2.24. The molecule has 0 amide bonds. The second-order valence-electron chi connectivity index (χ2n) is 3.40. The molecular formula is C13H20OS. The average molecular weight is 224 g/mol. The third-order valence-corrected chi connectivity index (χ3v) is 3.20. The van der Waals surface area contributed by atoms with Gasteiger partial charge in [0.15, 0.2) is 0 Å². The molecule has 0 saturated carbocycles. The average Bonchev–Trinajstić information content (AvgIpc) is 2.29. The Kier molecular flexibility index (Phi) is 6.33. The lowest BCUT2D eigenvalue weighted by molar-refractivity contribution is 0.318. The van der Waals surface area contributed by atoms with Gasteiger partial charge in [-0.2, -0.15) is 11.8 Å². The van der Waals surface area contributed by atoms with E-state index in [1.54, 1.807) is 0 Å². The molecule has 0 saturated heterocycles. The molecule has 0 heterocycles. The van der Waals surface area contributed by atoms with Gasteiger partial charge in [0.1, 0.15) is 5.75 Å². The Hall–Kier alpha value is -0.630. The van der Waals surface area contributed by atoms with E-state index in [-0.39, 0.29) is 0 Å². The van der Waals surface area contributed by atoms with Crippen LogP contribution in [0.1, 0.15) is 25.8 Å². The van der Waals surface area contributed by atoms with Crippen LogP contribution in [0.15, 0.2) is 24.3 Å². The first-order valence-electron chi connectivity index (χ1n) is 5.66. The number of thioether (sulfide) groups is 1. The van der Waals surface area contributed by atoms with Gasteiger partial charge in [0.05, 0.1) is 6.61 Å². The molecule has 0 atom stereocenters. The van der Waals surface area contributed by atoms with Gasteiger partial charge in [-0.1, -0.05) is 26.0 Å². The quantitative estimate of drug-likeness (QED) is 0.652. The Bertz CT molecular complexity index is 273. The second kappa shape index (κ2) is 7.63. The van der Waals surface area contributed by atoms with Crippen molar-refractivity contribution < 1.29 is 4.74 Å². The normalized spacial score (nSPS) is 10.3. The summed E-state index contributed by atoms with van der Waals surface area (Å²) in [6.45, 7) is 5.19. The molecule has 1 aromatic rings. The van der Waals surface area contributed by atoms with Gasteiger partial charge < -0.3 is 4.74 Å². The highest BCUT2D eigenvalue weighted by molar-refractivity contribution is 7.99. The van der Waals surface area contributed by atoms with Crippen molar-refractivity contribution in [1.82, 2.24) is 0 Å². The Labute approximate surface area is 97.2 Å². The van der Waals surface area contributed by atoms with E-state index in [1.165, 1.54) is 17.1 Å². The van der Waals surface area contributed by atoms with Gasteiger partial charge in [0.25, 0.3) is 0 Å². The first-order valence-corrected chi connectivity index (χ1v) is 6.81. The first-order chi connectivity index (χ1) is 7.36. The minimum Gasteiger partial charge on any atom is -0.494 e. The van der Waals surface area contributed by atoms with E-state index >= 15 is 0 Å². The van der Waals surface area contributed by atoms with Crippen molar-refractivity contribution in [3.05, 3.63) is 29.8 Å². The molecule has 0 bridgehead atoms. The number of hydrogen-bond acceptors (Lipinski definition) is 2. The molecule has 0 unspecified atom stereocenters. The van der Waals surface area contributed by atoms with E-state index in [4.69, 9.17) is 4.74 Å². The summed E-state index contributed by atoms with van der Waals surface area (Å²) in [6.07, 6.45) is 2.21. The predicted molar refractivity (Wildman–Crippen MR) is 68.9 cm³/mol. The number of hydrogen-bond donors (Lipinski definition) is 0. The van der Waals surface area contributed by atoms with Crippen molar-refractivity contribution in [2.45, 2.75) is 26.7 Å². The largest absolute Gasteiger partial charge is 0.494 e. The van der Waals surface area contributed by atoms with E-state index in [0.717, 1.165) is 25.2 Å². The third kappa shape index (κ3) is 5.12. The molecule has 2 heteroatoms. The monoisotopic (exact) mass is 224 g/mol. The maximum Gasteiger partial charge on any atom is 0.119 e. The molecule has 0 aromatic heterocycles. The Morgan fingerprint density at radius 3 is 2.87 bits per heavy atom. The van der Waals surface area contributed by atoms with E-state index in [2.05, 4.69) is 32.0 Å². The molecule has 1 aromatic carbocycles. The molecule has 0 fully saturated rings. The standard InChI is InChI=1S/C13H20OS/c1-3-12-7-5-8-13(11-12)14-9-6-10-15-4-2/h5,7-8,11H,3-4,6,9-10H2,1-2H3. The summed E-state index contributed by atoms with van der Waals surface area (Å²) >= 11 is 1.97. The van der Waals surface area contributed by atoms with E-state index in [0.29, 0.717) is 0 Å². The summed E-state index contributed by atoms with van der Waals surface area (Å²) in [6, 6.07) is 8.37. The molecule has 0 radical (unpaired) electrons. The number of rotatable bonds is 7. The lowest BCUT2D eigenvalue weighted by Gasteiger charge is -2.06. The van der Waals surface area contributed by atoms with Crippen LogP contribution in [0.5, 0.6) is 5.75 Å². The number of ether oxygens (including phenoxy) is 1. The maximum absolute atomic E-state index is 5.68. The van der Waals surface area contributed by atoms with Gasteiger partial charge in [-0.15, -0.1) is 0 Å². The van der Waals surface area contributed by atoms with Crippen LogP contribution < -0.4 is 4.74 Å². The topological polar surface area (TPSA) is 9.23 Å². The molecule has 84 valence electrons. The van der Waals surface area contributed by atoms with Crippen molar-refractivity contribution in [3.8, 4) is 5.75 Å². The smallest absolute Gasteiger partial charge is 0.119 e. The fraction of sp³-hybridized carbons (Fsp3) is 0.538.